The van der Waals surface area contributed by atoms with Gasteiger partial charge in [0.05, 0.1) is 23.3 Å². The summed E-state index contributed by atoms with van der Waals surface area (Å²) in [4.78, 5) is 18.5. The van der Waals surface area contributed by atoms with E-state index in [0.717, 1.165) is 27.7 Å². The van der Waals surface area contributed by atoms with E-state index in [1.165, 1.54) is 11.8 Å². The van der Waals surface area contributed by atoms with Gasteiger partial charge in [0.25, 0.3) is 0 Å². The molecule has 0 fully saturated rings. The van der Waals surface area contributed by atoms with Crippen LogP contribution in [0.5, 0.6) is 0 Å². The molecule has 25 heavy (non-hydrogen) atoms. The molecular weight excluding hydrogens is 338 g/mol. The molecule has 0 saturated heterocycles. The molecule has 0 bridgehead atoms. The van der Waals surface area contributed by atoms with Gasteiger partial charge in [-0.2, -0.15) is 0 Å². The third-order valence-electron chi connectivity index (χ3n) is 3.94. The van der Waals surface area contributed by atoms with Crippen molar-refractivity contribution in [3.63, 3.8) is 0 Å². The zero-order valence-corrected chi connectivity index (χ0v) is 14.7. The van der Waals surface area contributed by atoms with Crippen molar-refractivity contribution in [1.29, 1.82) is 0 Å². The summed E-state index contributed by atoms with van der Waals surface area (Å²) in [6, 6.07) is 11.6. The molecule has 128 valence electrons. The number of fused-ring (bicyclic) bond motifs is 3. The Morgan fingerprint density at radius 2 is 2.16 bits per heavy atom. The Morgan fingerprint density at radius 1 is 1.32 bits per heavy atom. The van der Waals surface area contributed by atoms with Crippen LogP contribution in [0.25, 0.3) is 16.8 Å². The first-order valence-corrected chi connectivity index (χ1v) is 8.84. The minimum Gasteiger partial charge on any atom is -0.464 e. The second-order valence-electron chi connectivity index (χ2n) is 5.82. The molecule has 8 heteroatoms. The van der Waals surface area contributed by atoms with Crippen molar-refractivity contribution in [2.75, 3.05) is 12.8 Å². The van der Waals surface area contributed by atoms with Gasteiger partial charge in [-0.1, -0.05) is 23.9 Å². The number of imidazole rings is 1. The number of rotatable bonds is 5. The molecule has 4 aromatic rings. The summed E-state index contributed by atoms with van der Waals surface area (Å²) in [5, 5.41) is 7.91. The Morgan fingerprint density at radius 3 is 2.96 bits per heavy atom. The van der Waals surface area contributed by atoms with Gasteiger partial charge in [0.1, 0.15) is 11.5 Å². The molecule has 7 nitrogen and oxygen atoms in total. The third-order valence-corrected chi connectivity index (χ3v) is 4.87. The lowest BCUT2D eigenvalue weighted by atomic mass is 10.3. The monoisotopic (exact) mass is 355 g/mol. The van der Waals surface area contributed by atoms with Gasteiger partial charge in [-0.3, -0.25) is 9.20 Å². The first-order chi connectivity index (χ1) is 12.1. The summed E-state index contributed by atoms with van der Waals surface area (Å²) < 4.78 is 7.45. The lowest BCUT2D eigenvalue weighted by molar-refractivity contribution is -0.127. The average molecular weight is 355 g/mol. The number of furan rings is 1. The van der Waals surface area contributed by atoms with Crippen molar-refractivity contribution < 1.29 is 9.21 Å². The van der Waals surface area contributed by atoms with Crippen molar-refractivity contribution in [2.24, 2.45) is 0 Å². The number of aromatic nitrogens is 4. The first kappa shape index (κ1) is 15.8. The van der Waals surface area contributed by atoms with Gasteiger partial charge in [0.15, 0.2) is 5.16 Å². The van der Waals surface area contributed by atoms with E-state index in [-0.39, 0.29) is 5.91 Å². The molecule has 0 atom stereocenters. The van der Waals surface area contributed by atoms with Gasteiger partial charge in [-0.15, -0.1) is 5.10 Å². The number of thioether (sulfide) groups is 1. The Balaban J connectivity index is 1.47. The van der Waals surface area contributed by atoms with Crippen LogP contribution in [0.1, 0.15) is 11.5 Å². The van der Waals surface area contributed by atoms with E-state index in [4.69, 9.17) is 4.42 Å². The summed E-state index contributed by atoms with van der Waals surface area (Å²) in [7, 11) is 1.77. The van der Waals surface area contributed by atoms with Crippen molar-refractivity contribution in [1.82, 2.24) is 24.5 Å². The van der Waals surface area contributed by atoms with Crippen LogP contribution in [0.4, 0.5) is 0 Å². The van der Waals surface area contributed by atoms with E-state index >= 15 is 0 Å². The predicted octanol–water partition coefficient (Wildman–Crippen LogP) is 2.86. The summed E-state index contributed by atoms with van der Waals surface area (Å²) in [6.45, 7) is 2.34. The second-order valence-corrected chi connectivity index (χ2v) is 6.76. The number of benzene rings is 1. The van der Waals surface area contributed by atoms with Gasteiger partial charge in [-0.25, -0.2) is 10.1 Å². The molecule has 3 aromatic heterocycles. The van der Waals surface area contributed by atoms with Crippen molar-refractivity contribution in [2.45, 2.75) is 18.6 Å². The number of H-pyrrole nitrogens is 1. The highest BCUT2D eigenvalue weighted by Gasteiger charge is 2.16. The van der Waals surface area contributed by atoms with Crippen LogP contribution < -0.4 is 0 Å². The number of para-hydroxylation sites is 2. The Hall–Kier alpha value is -2.74. The zero-order chi connectivity index (χ0) is 17.4. The average Bonchev–Trinajstić information content (AvgIpc) is 3.28. The number of aryl methyl sites for hydroxylation is 1. The van der Waals surface area contributed by atoms with E-state index in [1.807, 2.05) is 47.7 Å². The molecular formula is C17H17N5O2S. The smallest absolute Gasteiger partial charge is 0.233 e. The lowest BCUT2D eigenvalue weighted by Crippen LogP contribution is -2.27. The first-order valence-electron chi connectivity index (χ1n) is 7.85. The van der Waals surface area contributed by atoms with Gasteiger partial charge < -0.3 is 9.32 Å². The normalized spacial score (nSPS) is 11.4. The molecule has 0 radical (unpaired) electrons. The highest BCUT2D eigenvalue weighted by atomic mass is 32.2. The highest BCUT2D eigenvalue weighted by Crippen LogP contribution is 2.23. The summed E-state index contributed by atoms with van der Waals surface area (Å²) in [5.74, 6) is 2.61. The fourth-order valence-corrected chi connectivity index (χ4v) is 3.56. The maximum Gasteiger partial charge on any atom is 0.233 e. The van der Waals surface area contributed by atoms with Crippen LogP contribution in [0.3, 0.4) is 0 Å². The standard InChI is InChI=1S/C17H17N5O2S/c1-11-7-8-12(24-11)9-21(2)15(23)10-25-17-20-19-16-18-13-5-3-4-6-14(13)22(16)17/h3-8H,9-10H2,1-2H3,(H,18,19). The molecule has 0 aliphatic carbocycles. The molecule has 1 amide bonds. The van der Waals surface area contributed by atoms with Crippen molar-refractivity contribution in [3.05, 3.63) is 47.9 Å². The van der Waals surface area contributed by atoms with Gasteiger partial charge in [-0.05, 0) is 31.2 Å². The number of aromatic amines is 1. The third kappa shape index (κ3) is 3.00. The fraction of sp³-hybridized carbons (Fsp3) is 0.235. The van der Waals surface area contributed by atoms with Crippen LogP contribution >= 0.6 is 11.8 Å². The number of carbonyl (C=O) groups excluding carboxylic acids is 1. The van der Waals surface area contributed by atoms with E-state index < -0.39 is 0 Å². The molecule has 1 aromatic carbocycles. The number of amides is 1. The topological polar surface area (TPSA) is 79.4 Å². The van der Waals surface area contributed by atoms with E-state index in [0.29, 0.717) is 18.1 Å². The minimum absolute atomic E-state index is 0.0135. The van der Waals surface area contributed by atoms with Crippen LogP contribution in [0.15, 0.2) is 46.0 Å². The molecule has 3 heterocycles. The maximum absolute atomic E-state index is 12.4. The van der Waals surface area contributed by atoms with Crippen molar-refractivity contribution >= 4 is 34.5 Å². The molecule has 0 aliphatic heterocycles. The second kappa shape index (κ2) is 6.29. The highest BCUT2D eigenvalue weighted by molar-refractivity contribution is 7.99. The summed E-state index contributed by atoms with van der Waals surface area (Å²) >= 11 is 1.39. The van der Waals surface area contributed by atoms with Crippen LogP contribution in [0.2, 0.25) is 0 Å². The fourth-order valence-electron chi connectivity index (χ4n) is 2.67. The zero-order valence-electron chi connectivity index (χ0n) is 13.9. The van der Waals surface area contributed by atoms with Crippen LogP contribution in [0, 0.1) is 6.92 Å². The number of nitrogens with zero attached hydrogens (tertiary/aromatic N) is 4. The molecule has 0 unspecified atom stereocenters. The Labute approximate surface area is 148 Å². The van der Waals surface area contributed by atoms with Gasteiger partial charge in [0, 0.05) is 7.05 Å². The largest absolute Gasteiger partial charge is 0.464 e. The van der Waals surface area contributed by atoms with Gasteiger partial charge in [0.2, 0.25) is 11.7 Å². The van der Waals surface area contributed by atoms with Gasteiger partial charge >= 0.3 is 0 Å². The Kier molecular flexibility index (Phi) is 3.96. The Bertz CT molecular complexity index is 1050. The number of carbonyl (C=O) groups is 1. The minimum atomic E-state index is 0.0135. The summed E-state index contributed by atoms with van der Waals surface area (Å²) in [6.07, 6.45) is 0. The van der Waals surface area contributed by atoms with Crippen molar-refractivity contribution in [3.8, 4) is 0 Å². The quantitative estimate of drug-likeness (QED) is 0.557. The summed E-state index contributed by atoms with van der Waals surface area (Å²) in [5.41, 5.74) is 1.87. The van der Waals surface area contributed by atoms with E-state index in [9.17, 15) is 4.79 Å². The number of hydrogen-bond donors (Lipinski definition) is 1. The van der Waals surface area contributed by atoms with Crippen LogP contribution in [-0.4, -0.2) is 43.2 Å². The molecule has 0 saturated carbocycles. The lowest BCUT2D eigenvalue weighted by Gasteiger charge is -2.15. The number of hydrogen-bond acceptors (Lipinski definition) is 5. The maximum atomic E-state index is 12.4. The predicted molar refractivity (Wildman–Crippen MR) is 95.5 cm³/mol. The molecule has 0 aliphatic rings. The SMILES string of the molecule is Cc1ccc(CN(C)C(=O)CSc2n[nH]c3nc4ccccc4n23)o1. The van der Waals surface area contributed by atoms with Crippen LogP contribution in [-0.2, 0) is 11.3 Å². The van der Waals surface area contributed by atoms with E-state index in [1.54, 1.807) is 11.9 Å². The molecule has 0 spiro atoms. The number of nitrogens with one attached hydrogen (secondary N) is 1. The van der Waals surface area contributed by atoms with E-state index in [2.05, 4.69) is 15.2 Å². The molecule has 4 rings (SSSR count). The molecule has 1 N–H and O–H groups in total.